The van der Waals surface area contributed by atoms with E-state index in [1.807, 2.05) is 21.1 Å². The molecule has 4 heteroatoms. The van der Waals surface area contributed by atoms with E-state index in [-0.39, 0.29) is 11.9 Å². The summed E-state index contributed by atoms with van der Waals surface area (Å²) in [5.74, 6) is 0.263. The van der Waals surface area contributed by atoms with Crippen molar-refractivity contribution in [1.29, 1.82) is 0 Å². The first-order valence-corrected chi connectivity index (χ1v) is 4.76. The van der Waals surface area contributed by atoms with Crippen molar-refractivity contribution in [3.8, 4) is 0 Å². The third-order valence-electron chi connectivity index (χ3n) is 2.65. The van der Waals surface area contributed by atoms with E-state index in [1.165, 1.54) is 0 Å². The Hall–Kier alpha value is -0.610. The molecule has 1 amide bonds. The molecule has 0 aromatic heterocycles. The lowest BCUT2D eigenvalue weighted by atomic mass is 10.2. The van der Waals surface area contributed by atoms with Crippen molar-refractivity contribution in [1.82, 2.24) is 15.1 Å². The zero-order chi connectivity index (χ0) is 9.84. The van der Waals surface area contributed by atoms with Gasteiger partial charge in [-0.3, -0.25) is 9.69 Å². The number of rotatable bonds is 4. The zero-order valence-electron chi connectivity index (χ0n) is 8.71. The number of nitrogens with zero attached hydrogens (tertiary/aromatic N) is 2. The zero-order valence-corrected chi connectivity index (χ0v) is 8.71. The van der Waals surface area contributed by atoms with E-state index in [2.05, 4.69) is 10.2 Å². The number of likely N-dealkylation sites (tertiary alicyclic amines) is 1. The number of hydrogen-bond donors (Lipinski definition) is 1. The van der Waals surface area contributed by atoms with Gasteiger partial charge in [0.2, 0.25) is 5.91 Å². The highest BCUT2D eigenvalue weighted by Crippen LogP contribution is 2.13. The van der Waals surface area contributed by atoms with Gasteiger partial charge >= 0.3 is 0 Å². The second-order valence-electron chi connectivity index (χ2n) is 3.65. The molecule has 1 unspecified atom stereocenters. The van der Waals surface area contributed by atoms with Gasteiger partial charge in [-0.2, -0.15) is 0 Å². The minimum absolute atomic E-state index is 0.110. The van der Waals surface area contributed by atoms with Gasteiger partial charge in [-0.05, 0) is 20.5 Å². The summed E-state index contributed by atoms with van der Waals surface area (Å²) in [6.07, 6.45) is 0.968. The Bertz CT molecular complexity index is 184. The topological polar surface area (TPSA) is 35.6 Å². The van der Waals surface area contributed by atoms with Crippen LogP contribution >= 0.6 is 0 Å². The maximum Gasteiger partial charge on any atom is 0.239 e. The first-order valence-electron chi connectivity index (χ1n) is 4.76. The predicted octanol–water partition coefficient (Wildman–Crippen LogP) is -0.632. The van der Waals surface area contributed by atoms with Crippen LogP contribution in [-0.4, -0.2) is 62.5 Å². The molecule has 1 aliphatic heterocycles. The average Bonchev–Trinajstić information content (AvgIpc) is 2.44. The van der Waals surface area contributed by atoms with Gasteiger partial charge in [-0.1, -0.05) is 0 Å². The molecule has 13 heavy (non-hydrogen) atoms. The first-order chi connectivity index (χ1) is 6.16. The van der Waals surface area contributed by atoms with Crippen LogP contribution in [0.4, 0.5) is 0 Å². The van der Waals surface area contributed by atoms with Gasteiger partial charge in [0.05, 0.1) is 6.04 Å². The Labute approximate surface area is 79.9 Å². The van der Waals surface area contributed by atoms with E-state index in [0.717, 1.165) is 26.1 Å². The number of hydrogen-bond acceptors (Lipinski definition) is 3. The first kappa shape index (κ1) is 10.5. The summed E-state index contributed by atoms with van der Waals surface area (Å²) in [5, 5.41) is 3.08. The Kier molecular flexibility index (Phi) is 3.69. The lowest BCUT2D eigenvalue weighted by molar-refractivity contribution is -0.130. The lowest BCUT2D eigenvalue weighted by Crippen LogP contribution is -2.41. The van der Waals surface area contributed by atoms with Crippen LogP contribution in [0.1, 0.15) is 6.42 Å². The second kappa shape index (κ2) is 4.58. The van der Waals surface area contributed by atoms with Gasteiger partial charge in [-0.15, -0.1) is 0 Å². The third-order valence-corrected chi connectivity index (χ3v) is 2.65. The molecule has 0 aromatic carbocycles. The predicted molar refractivity (Wildman–Crippen MR) is 52.6 cm³/mol. The molecule has 1 rings (SSSR count). The number of likely N-dealkylation sites (N-methyl/N-ethyl adjacent to an activating group) is 3. The molecule has 4 nitrogen and oxygen atoms in total. The Morgan fingerprint density at radius 3 is 2.85 bits per heavy atom. The normalized spacial score (nSPS) is 23.2. The van der Waals surface area contributed by atoms with Crippen LogP contribution in [-0.2, 0) is 4.79 Å². The largest absolute Gasteiger partial charge is 0.344 e. The number of amides is 1. The van der Waals surface area contributed by atoms with Gasteiger partial charge in [0, 0.05) is 26.7 Å². The highest BCUT2D eigenvalue weighted by molar-refractivity contribution is 5.83. The molecule has 1 fully saturated rings. The molecule has 0 spiro atoms. The standard InChI is InChI=1S/C9H19N3O/c1-10-5-7-11(2)8-4-6-12(3)9(8)13/h8,10H,4-7H2,1-3H3. The summed E-state index contributed by atoms with van der Waals surface area (Å²) < 4.78 is 0. The van der Waals surface area contributed by atoms with Crippen molar-refractivity contribution >= 4 is 5.91 Å². The van der Waals surface area contributed by atoms with E-state index >= 15 is 0 Å². The highest BCUT2D eigenvalue weighted by atomic mass is 16.2. The van der Waals surface area contributed by atoms with Crippen molar-refractivity contribution in [2.24, 2.45) is 0 Å². The molecule has 1 atom stereocenters. The summed E-state index contributed by atoms with van der Waals surface area (Å²) in [6, 6.07) is 0.110. The monoisotopic (exact) mass is 185 g/mol. The maximum absolute atomic E-state index is 11.6. The fourth-order valence-corrected chi connectivity index (χ4v) is 1.66. The van der Waals surface area contributed by atoms with Crippen molar-refractivity contribution < 1.29 is 4.79 Å². The smallest absolute Gasteiger partial charge is 0.239 e. The molecule has 0 bridgehead atoms. The van der Waals surface area contributed by atoms with Crippen molar-refractivity contribution in [2.75, 3.05) is 40.8 Å². The molecule has 1 saturated heterocycles. The van der Waals surface area contributed by atoms with Crippen LogP contribution in [0.25, 0.3) is 0 Å². The summed E-state index contributed by atoms with van der Waals surface area (Å²) in [5.41, 5.74) is 0. The SMILES string of the molecule is CNCCN(C)C1CCN(C)C1=O. The Morgan fingerprint density at radius 2 is 2.38 bits per heavy atom. The van der Waals surface area contributed by atoms with E-state index < -0.39 is 0 Å². The lowest BCUT2D eigenvalue weighted by Gasteiger charge is -2.22. The van der Waals surface area contributed by atoms with Crippen LogP contribution in [0.3, 0.4) is 0 Å². The fraction of sp³-hybridized carbons (Fsp3) is 0.889. The Morgan fingerprint density at radius 1 is 1.69 bits per heavy atom. The molecular weight excluding hydrogens is 166 g/mol. The van der Waals surface area contributed by atoms with Crippen LogP contribution in [0.15, 0.2) is 0 Å². The van der Waals surface area contributed by atoms with E-state index in [9.17, 15) is 4.79 Å². The number of carbonyl (C=O) groups excluding carboxylic acids is 1. The molecule has 1 aliphatic rings. The second-order valence-corrected chi connectivity index (χ2v) is 3.65. The third kappa shape index (κ3) is 2.42. The quantitative estimate of drug-likeness (QED) is 0.633. The van der Waals surface area contributed by atoms with Crippen LogP contribution in [0.2, 0.25) is 0 Å². The summed E-state index contributed by atoms with van der Waals surface area (Å²) >= 11 is 0. The molecule has 0 aliphatic carbocycles. The minimum Gasteiger partial charge on any atom is -0.344 e. The van der Waals surface area contributed by atoms with Crippen molar-refractivity contribution in [3.05, 3.63) is 0 Å². The number of nitrogens with one attached hydrogen (secondary N) is 1. The van der Waals surface area contributed by atoms with Crippen LogP contribution in [0, 0.1) is 0 Å². The summed E-state index contributed by atoms with van der Waals surface area (Å²) in [6.45, 7) is 2.76. The molecule has 1 heterocycles. The van der Waals surface area contributed by atoms with Gasteiger partial charge in [0.25, 0.3) is 0 Å². The molecule has 76 valence electrons. The Balaban J connectivity index is 2.39. The highest BCUT2D eigenvalue weighted by Gasteiger charge is 2.31. The fourth-order valence-electron chi connectivity index (χ4n) is 1.66. The maximum atomic E-state index is 11.6. The van der Waals surface area contributed by atoms with Gasteiger partial charge in [-0.25, -0.2) is 0 Å². The van der Waals surface area contributed by atoms with E-state index in [1.54, 1.807) is 4.90 Å². The molecule has 0 radical (unpaired) electrons. The van der Waals surface area contributed by atoms with Crippen molar-refractivity contribution in [2.45, 2.75) is 12.5 Å². The number of carbonyl (C=O) groups is 1. The van der Waals surface area contributed by atoms with E-state index in [0.29, 0.717) is 0 Å². The summed E-state index contributed by atoms with van der Waals surface area (Å²) in [7, 11) is 5.81. The van der Waals surface area contributed by atoms with E-state index in [4.69, 9.17) is 0 Å². The van der Waals surface area contributed by atoms with Crippen molar-refractivity contribution in [3.63, 3.8) is 0 Å². The average molecular weight is 185 g/mol. The van der Waals surface area contributed by atoms with Crippen LogP contribution in [0.5, 0.6) is 0 Å². The van der Waals surface area contributed by atoms with Gasteiger partial charge in [0.15, 0.2) is 0 Å². The van der Waals surface area contributed by atoms with Crippen LogP contribution < -0.4 is 5.32 Å². The van der Waals surface area contributed by atoms with Gasteiger partial charge < -0.3 is 10.2 Å². The molecule has 0 saturated carbocycles. The summed E-state index contributed by atoms with van der Waals surface area (Å²) in [4.78, 5) is 15.5. The minimum atomic E-state index is 0.110. The molecular formula is C9H19N3O. The van der Waals surface area contributed by atoms with Gasteiger partial charge in [0.1, 0.15) is 0 Å². The molecule has 1 N–H and O–H groups in total. The molecule has 0 aromatic rings.